The number of aromatic nitrogens is 2. The number of nitrogens with zero attached hydrogens (tertiary/aromatic N) is 5. The maximum atomic E-state index is 12.6. The standard InChI is InChI=1S/C19H21N5O4S/c1-23(19(25)14-4-5-14)9-8-17-21-18(28-22-17)15-11-24(12-15)29(26,27)16-6-2-13(10-20)3-7-16/h2-3,6-7,14-15H,4-5,8-9,11-12H2,1H3. The average molecular weight is 415 g/mol. The van der Waals surface area contributed by atoms with Crippen molar-refractivity contribution >= 4 is 15.9 Å². The summed E-state index contributed by atoms with van der Waals surface area (Å²) >= 11 is 0. The van der Waals surface area contributed by atoms with Crippen LogP contribution in [-0.4, -0.2) is 60.4 Å². The van der Waals surface area contributed by atoms with Gasteiger partial charge in [-0.3, -0.25) is 4.79 Å². The van der Waals surface area contributed by atoms with E-state index in [0.29, 0.717) is 30.2 Å². The normalized spacial score (nSPS) is 17.5. The Bertz CT molecular complexity index is 1050. The minimum absolute atomic E-state index is 0.143. The third-order valence-electron chi connectivity index (χ3n) is 5.28. The number of amides is 1. The number of rotatable bonds is 7. The molecule has 1 amide bonds. The Balaban J connectivity index is 1.31. The van der Waals surface area contributed by atoms with Crippen LogP contribution in [0.15, 0.2) is 33.7 Å². The monoisotopic (exact) mass is 415 g/mol. The molecule has 2 aromatic rings. The molecule has 4 rings (SSSR count). The molecule has 1 saturated heterocycles. The molecule has 0 bridgehead atoms. The van der Waals surface area contributed by atoms with Gasteiger partial charge in [0.05, 0.1) is 22.4 Å². The van der Waals surface area contributed by atoms with Gasteiger partial charge in [0, 0.05) is 39.0 Å². The highest BCUT2D eigenvalue weighted by Crippen LogP contribution is 2.32. The van der Waals surface area contributed by atoms with E-state index in [-0.39, 0.29) is 35.7 Å². The van der Waals surface area contributed by atoms with Gasteiger partial charge in [-0.05, 0) is 37.1 Å². The predicted octanol–water partition coefficient (Wildman–Crippen LogP) is 1.14. The van der Waals surface area contributed by atoms with Crippen LogP contribution in [0, 0.1) is 17.2 Å². The Morgan fingerprint density at radius 3 is 2.62 bits per heavy atom. The van der Waals surface area contributed by atoms with E-state index in [2.05, 4.69) is 10.1 Å². The third-order valence-corrected chi connectivity index (χ3v) is 7.12. The van der Waals surface area contributed by atoms with Crippen molar-refractivity contribution in [1.29, 1.82) is 5.26 Å². The summed E-state index contributed by atoms with van der Waals surface area (Å²) < 4.78 is 31.9. The molecule has 152 valence electrons. The van der Waals surface area contributed by atoms with Crippen molar-refractivity contribution in [3.63, 3.8) is 0 Å². The highest BCUT2D eigenvalue weighted by molar-refractivity contribution is 7.89. The third kappa shape index (κ3) is 4.02. The van der Waals surface area contributed by atoms with E-state index >= 15 is 0 Å². The van der Waals surface area contributed by atoms with Crippen LogP contribution in [0.2, 0.25) is 0 Å². The fourth-order valence-corrected chi connectivity index (χ4v) is 4.73. The molecule has 1 aliphatic heterocycles. The van der Waals surface area contributed by atoms with Crippen molar-refractivity contribution < 1.29 is 17.7 Å². The van der Waals surface area contributed by atoms with Crippen LogP contribution < -0.4 is 0 Å². The summed E-state index contributed by atoms with van der Waals surface area (Å²) in [4.78, 5) is 18.2. The Kier molecular flexibility index (Phi) is 5.10. The summed E-state index contributed by atoms with van der Waals surface area (Å²) in [6, 6.07) is 7.81. The van der Waals surface area contributed by atoms with E-state index in [1.165, 1.54) is 28.6 Å². The van der Waals surface area contributed by atoms with Gasteiger partial charge in [0.15, 0.2) is 5.82 Å². The summed E-state index contributed by atoms with van der Waals surface area (Å²) in [6.07, 6.45) is 2.44. The van der Waals surface area contributed by atoms with Gasteiger partial charge >= 0.3 is 0 Å². The molecule has 1 aromatic heterocycles. The second kappa shape index (κ2) is 7.57. The molecule has 0 unspecified atom stereocenters. The largest absolute Gasteiger partial charge is 0.345 e. The number of hydrogen-bond acceptors (Lipinski definition) is 7. The van der Waals surface area contributed by atoms with Crippen LogP contribution in [0.25, 0.3) is 0 Å². The van der Waals surface area contributed by atoms with Crippen molar-refractivity contribution in [1.82, 2.24) is 19.3 Å². The summed E-state index contributed by atoms with van der Waals surface area (Å²) in [5.74, 6) is 1.14. The van der Waals surface area contributed by atoms with Gasteiger partial charge in [-0.1, -0.05) is 5.16 Å². The SMILES string of the molecule is CN(CCc1noc(C2CN(S(=O)(=O)c3ccc(C#N)cc3)C2)n1)C(=O)C1CC1. The number of carbonyl (C=O) groups is 1. The van der Waals surface area contributed by atoms with Crippen LogP contribution in [0.3, 0.4) is 0 Å². The van der Waals surface area contributed by atoms with E-state index in [4.69, 9.17) is 9.78 Å². The number of carbonyl (C=O) groups excluding carboxylic acids is 1. The van der Waals surface area contributed by atoms with Crippen LogP contribution in [0.1, 0.15) is 36.0 Å². The zero-order chi connectivity index (χ0) is 20.6. The van der Waals surface area contributed by atoms with Crippen LogP contribution in [0.5, 0.6) is 0 Å². The number of hydrogen-bond donors (Lipinski definition) is 0. The highest BCUT2D eigenvalue weighted by atomic mass is 32.2. The number of nitriles is 1. The first-order valence-electron chi connectivity index (χ1n) is 9.46. The molecule has 0 atom stereocenters. The molecule has 1 saturated carbocycles. The van der Waals surface area contributed by atoms with Gasteiger partial charge in [0.25, 0.3) is 0 Å². The zero-order valence-corrected chi connectivity index (χ0v) is 16.8. The second-order valence-corrected chi connectivity index (χ2v) is 9.43. The summed E-state index contributed by atoms with van der Waals surface area (Å²) in [5, 5.41) is 12.8. The van der Waals surface area contributed by atoms with Gasteiger partial charge in [0.2, 0.25) is 21.8 Å². The molecule has 0 radical (unpaired) electrons. The summed E-state index contributed by atoms with van der Waals surface area (Å²) in [7, 11) is -1.83. The lowest BCUT2D eigenvalue weighted by Gasteiger charge is -2.35. The molecule has 2 heterocycles. The lowest BCUT2D eigenvalue weighted by molar-refractivity contribution is -0.131. The van der Waals surface area contributed by atoms with Crippen LogP contribution in [0.4, 0.5) is 0 Å². The van der Waals surface area contributed by atoms with E-state index in [9.17, 15) is 13.2 Å². The maximum Gasteiger partial charge on any atom is 0.243 e. The number of sulfonamides is 1. The lowest BCUT2D eigenvalue weighted by atomic mass is 10.0. The predicted molar refractivity (Wildman–Crippen MR) is 101 cm³/mol. The molecule has 0 spiro atoms. The summed E-state index contributed by atoms with van der Waals surface area (Å²) in [5.41, 5.74) is 0.410. The van der Waals surface area contributed by atoms with Gasteiger partial charge in [-0.15, -0.1) is 0 Å². The molecule has 9 nitrogen and oxygen atoms in total. The van der Waals surface area contributed by atoms with E-state index in [1.807, 2.05) is 6.07 Å². The van der Waals surface area contributed by atoms with Crippen molar-refractivity contribution in [3.05, 3.63) is 41.5 Å². The summed E-state index contributed by atoms with van der Waals surface area (Å²) in [6.45, 7) is 1.06. The molecule has 2 aliphatic rings. The first-order chi connectivity index (χ1) is 13.9. The lowest BCUT2D eigenvalue weighted by Crippen LogP contribution is -2.48. The average Bonchev–Trinajstić information content (AvgIpc) is 3.43. The highest BCUT2D eigenvalue weighted by Gasteiger charge is 2.40. The first kappa shape index (κ1) is 19.5. The second-order valence-electron chi connectivity index (χ2n) is 7.49. The molecule has 10 heteroatoms. The van der Waals surface area contributed by atoms with E-state index in [0.717, 1.165) is 12.8 Å². The minimum atomic E-state index is -3.60. The topological polar surface area (TPSA) is 120 Å². The van der Waals surface area contributed by atoms with Crippen molar-refractivity contribution in [2.24, 2.45) is 5.92 Å². The fraction of sp³-hybridized carbons (Fsp3) is 0.474. The molecular formula is C19H21N5O4S. The van der Waals surface area contributed by atoms with Crippen LogP contribution in [-0.2, 0) is 21.2 Å². The quantitative estimate of drug-likeness (QED) is 0.665. The molecular weight excluding hydrogens is 394 g/mol. The molecule has 1 aromatic carbocycles. The molecule has 29 heavy (non-hydrogen) atoms. The maximum absolute atomic E-state index is 12.6. The Labute approximate surface area is 169 Å². The first-order valence-corrected chi connectivity index (χ1v) is 10.9. The smallest absolute Gasteiger partial charge is 0.243 e. The van der Waals surface area contributed by atoms with Crippen molar-refractivity contribution in [3.8, 4) is 6.07 Å². The Hall–Kier alpha value is -2.77. The van der Waals surface area contributed by atoms with Crippen molar-refractivity contribution in [2.75, 3.05) is 26.7 Å². The molecule has 1 aliphatic carbocycles. The van der Waals surface area contributed by atoms with Gasteiger partial charge < -0.3 is 9.42 Å². The number of benzene rings is 1. The van der Waals surface area contributed by atoms with Gasteiger partial charge in [-0.2, -0.15) is 14.6 Å². The Morgan fingerprint density at radius 2 is 2.00 bits per heavy atom. The minimum Gasteiger partial charge on any atom is -0.345 e. The van der Waals surface area contributed by atoms with Crippen LogP contribution >= 0.6 is 0 Å². The molecule has 0 N–H and O–H groups in total. The van der Waals surface area contributed by atoms with Gasteiger partial charge in [-0.25, -0.2) is 8.42 Å². The van der Waals surface area contributed by atoms with Crippen molar-refractivity contribution in [2.45, 2.75) is 30.1 Å². The van der Waals surface area contributed by atoms with Gasteiger partial charge in [0.1, 0.15) is 0 Å². The van der Waals surface area contributed by atoms with E-state index < -0.39 is 10.0 Å². The fourth-order valence-electron chi connectivity index (χ4n) is 3.20. The Morgan fingerprint density at radius 1 is 1.31 bits per heavy atom. The zero-order valence-electron chi connectivity index (χ0n) is 16.0. The molecule has 2 fully saturated rings. The van der Waals surface area contributed by atoms with E-state index in [1.54, 1.807) is 11.9 Å². The number of likely N-dealkylation sites (N-methyl/N-ethyl adjacent to an activating group) is 1.